The van der Waals surface area contributed by atoms with Crippen molar-refractivity contribution >= 4 is 70.5 Å². The van der Waals surface area contributed by atoms with Gasteiger partial charge in [0.15, 0.2) is 29.9 Å². The summed E-state index contributed by atoms with van der Waals surface area (Å²) < 4.78 is 38.3. The lowest BCUT2D eigenvalue weighted by molar-refractivity contribution is -0.333. The van der Waals surface area contributed by atoms with E-state index in [4.69, 9.17) is 63.1 Å². The molecule has 101 heavy (non-hydrogen) atoms. The summed E-state index contributed by atoms with van der Waals surface area (Å²) in [6, 6.07) is -0.679. The smallest absolute Gasteiger partial charge is 0.330 e. The predicted octanol–water partition coefficient (Wildman–Crippen LogP) is 0.106. The van der Waals surface area contributed by atoms with Gasteiger partial charge in [-0.25, -0.2) is 4.79 Å². The van der Waals surface area contributed by atoms with Crippen LogP contribution in [0.2, 0.25) is 10.0 Å². The number of amides is 7. The number of halogens is 2. The number of carboxylic acid groups (broad SMARTS) is 1. The number of aliphatic hydroxyl groups is 6. The van der Waals surface area contributed by atoms with Gasteiger partial charge in [-0.3, -0.25) is 33.6 Å². The third-order valence-corrected chi connectivity index (χ3v) is 18.4. The number of hydrogen-bond donors (Lipinski definition) is 19. The number of carboxylic acids is 1. The average Bonchev–Trinajstić information content (AvgIpc) is 0.775. The predicted molar refractivity (Wildman–Crippen MR) is 349 cm³/mol. The normalized spacial score (nSPS) is 29.4. The lowest BCUT2D eigenvalue weighted by Gasteiger charge is -2.47. The highest BCUT2D eigenvalue weighted by Crippen LogP contribution is 2.50. The molecule has 35 heteroatoms. The Hall–Kier alpha value is -9.20. The van der Waals surface area contributed by atoms with E-state index in [0.29, 0.717) is 0 Å². The lowest BCUT2D eigenvalue weighted by Crippen LogP contribution is -2.64. The topological polar surface area (TPSA) is 530 Å². The van der Waals surface area contributed by atoms with Crippen molar-refractivity contribution in [3.05, 3.63) is 117 Å². The molecule has 0 aliphatic carbocycles. The summed E-state index contributed by atoms with van der Waals surface area (Å²) in [5.41, 5.74) is 8.00. The minimum Gasteiger partial charge on any atom is -0.508 e. The molecule has 0 radical (unpaired) electrons. The number of nitrogens with two attached hydrogens (primary N) is 2. The Balaban J connectivity index is 1.24. The van der Waals surface area contributed by atoms with E-state index >= 15 is 14.4 Å². The van der Waals surface area contributed by atoms with Gasteiger partial charge in [-0.05, 0) is 110 Å². The number of hydrogen-bond acceptors (Lipinski definition) is 25. The van der Waals surface area contributed by atoms with Crippen molar-refractivity contribution in [1.82, 2.24) is 37.2 Å². The Morgan fingerprint density at radius 2 is 1.32 bits per heavy atom. The first-order chi connectivity index (χ1) is 47.7. The summed E-state index contributed by atoms with van der Waals surface area (Å²) in [6.07, 6.45) is -18.6. The monoisotopic (exact) mass is 1450 g/mol. The zero-order valence-corrected chi connectivity index (χ0v) is 55.8. The van der Waals surface area contributed by atoms with E-state index in [1.165, 1.54) is 33.0 Å². The van der Waals surface area contributed by atoms with E-state index in [1.807, 2.05) is 13.8 Å². The fraction of sp³-hybridized carbons (Fsp3) is 0.424. The number of nitrogens with one attached hydrogen (secondary N) is 7. The van der Waals surface area contributed by atoms with Crippen molar-refractivity contribution in [2.45, 2.75) is 156 Å². The van der Waals surface area contributed by atoms with Crippen molar-refractivity contribution in [2.75, 3.05) is 13.7 Å². The number of likely N-dealkylation sites (N-methyl/N-ethyl adjacent to an activating group) is 1. The third-order valence-electron chi connectivity index (χ3n) is 17.8. The van der Waals surface area contributed by atoms with Crippen LogP contribution in [0.3, 0.4) is 0 Å². The van der Waals surface area contributed by atoms with E-state index in [-0.39, 0.29) is 46.2 Å². The van der Waals surface area contributed by atoms with Crippen LogP contribution in [0.15, 0.2) is 78.9 Å². The number of carbonyl (C=O) groups is 8. The van der Waals surface area contributed by atoms with E-state index < -0.39 is 237 Å². The van der Waals surface area contributed by atoms with E-state index in [1.54, 1.807) is 0 Å². The van der Waals surface area contributed by atoms with Gasteiger partial charge >= 0.3 is 5.97 Å². The van der Waals surface area contributed by atoms with Crippen LogP contribution in [-0.2, 0) is 52.6 Å². The molecule has 0 aromatic heterocycles. The van der Waals surface area contributed by atoms with Crippen LogP contribution < -0.4 is 62.9 Å². The van der Waals surface area contributed by atoms with Gasteiger partial charge in [0, 0.05) is 34.7 Å². The second-order valence-corrected chi connectivity index (χ2v) is 26.5. The Morgan fingerprint density at radius 1 is 0.713 bits per heavy atom. The van der Waals surface area contributed by atoms with Gasteiger partial charge in [-0.15, -0.1) is 0 Å². The number of aromatic hydroxyl groups is 3. The van der Waals surface area contributed by atoms with Gasteiger partial charge in [0.05, 0.1) is 41.3 Å². The molecular formula is C66H75Cl2N9O24. The molecule has 2 fully saturated rings. The highest BCUT2D eigenvalue weighted by Gasteiger charge is 2.51. The van der Waals surface area contributed by atoms with Crippen LogP contribution in [-0.4, -0.2) is 191 Å². The third kappa shape index (κ3) is 15.8. The summed E-state index contributed by atoms with van der Waals surface area (Å²) in [6.45, 7) is 5.66. The molecule has 2 saturated heterocycles. The van der Waals surface area contributed by atoms with Crippen molar-refractivity contribution in [2.24, 2.45) is 17.4 Å². The number of rotatable bonds is 13. The molecule has 7 aliphatic rings. The van der Waals surface area contributed by atoms with Crippen LogP contribution >= 0.6 is 23.2 Å². The average molecular weight is 1450 g/mol. The minimum absolute atomic E-state index is 0.0975. The fourth-order valence-electron chi connectivity index (χ4n) is 12.5. The summed E-state index contributed by atoms with van der Waals surface area (Å²) in [5.74, 6) is -16.0. The molecular weight excluding hydrogens is 1370 g/mol. The molecule has 7 aliphatic heterocycles. The molecule has 5 aromatic carbocycles. The van der Waals surface area contributed by atoms with Crippen molar-refractivity contribution < 1.29 is 118 Å². The molecule has 0 spiro atoms. The zero-order chi connectivity index (χ0) is 73.5. The van der Waals surface area contributed by atoms with Gasteiger partial charge in [0.25, 0.3) is 0 Å². The molecule has 11 bridgehead atoms. The number of primary amides is 1. The Morgan fingerprint density at radius 3 is 1.90 bits per heavy atom. The summed E-state index contributed by atoms with van der Waals surface area (Å²) in [7, 11) is 1.47. The lowest BCUT2D eigenvalue weighted by atomic mass is 9.86. The van der Waals surface area contributed by atoms with Gasteiger partial charge in [0.2, 0.25) is 53.4 Å². The number of aliphatic hydroxyl groups excluding tert-OH is 6. The summed E-state index contributed by atoms with van der Waals surface area (Å²) >= 11 is 14.1. The molecule has 0 saturated carbocycles. The van der Waals surface area contributed by atoms with E-state index in [0.717, 1.165) is 66.7 Å². The van der Waals surface area contributed by atoms with Crippen LogP contribution in [0, 0.1) is 5.92 Å². The fourth-order valence-corrected chi connectivity index (χ4v) is 12.9. The van der Waals surface area contributed by atoms with Crippen molar-refractivity contribution in [3.8, 4) is 57.1 Å². The maximum Gasteiger partial charge on any atom is 0.330 e. The number of phenols is 3. The standard InChI is InChI=1S/C66H75Cl2N9O24/c1-23(2)12-34(71-5)58(88)76-49-51(83)26-7-10-38(32(67)14-26)97-40-16-28-17-41(55(40)101-65-56(54(86)53(85)42(22-78)99-65)100-44-21-66(4,70)57(87)24(3)96-44)98-39-11-8-27(15-33(39)68)52(84)50-63(93)75-48(64(94)95)31-18-29(79)19-37(81)45(31)30-13-25(6-9-36(30)80)46(60(90)77-50)74-61(91)47(28)73-59(89)35(20-43(69)82)72-62(49)92/h6-11,13-19,23-24,34-35,42,44,46-54,56-57,65,71,78-81,83-87H,12,20-22,70H2,1-5H3,(H2,69,82)(H,72,92)(H,73,89)(H,74,91)(H,75,93)(H,76,88)(H,77,90)(H,94,95)/t24-,34+,35-,42?,44?,46+,47+,48-,49+,50-,51+,52+,53?,54?,56?,57+,65?,66-/m0/s1. The maximum absolute atomic E-state index is 16.0. The Kier molecular flexibility index (Phi) is 22.2. The van der Waals surface area contributed by atoms with E-state index in [9.17, 15) is 75.0 Å². The number of benzene rings is 5. The largest absolute Gasteiger partial charge is 0.508 e. The number of carbonyl (C=O) groups excluding carboxylic acids is 7. The molecule has 21 N–H and O–H groups in total. The highest BCUT2D eigenvalue weighted by atomic mass is 35.5. The maximum atomic E-state index is 16.0. The Bertz CT molecular complexity index is 4070. The van der Waals surface area contributed by atoms with Crippen molar-refractivity contribution in [3.63, 3.8) is 0 Å². The molecule has 12 rings (SSSR count). The summed E-state index contributed by atoms with van der Waals surface area (Å²) in [5, 5.41) is 131. The molecule has 7 heterocycles. The van der Waals surface area contributed by atoms with Gasteiger partial charge in [-0.2, -0.15) is 0 Å². The van der Waals surface area contributed by atoms with Crippen molar-refractivity contribution in [1.29, 1.82) is 0 Å². The van der Waals surface area contributed by atoms with Gasteiger partial charge in [0.1, 0.15) is 89.5 Å². The molecule has 6 unspecified atom stereocenters. The van der Waals surface area contributed by atoms with Crippen LogP contribution in [0.25, 0.3) is 11.1 Å². The summed E-state index contributed by atoms with van der Waals surface area (Å²) in [4.78, 5) is 117. The minimum atomic E-state index is -2.35. The quantitative estimate of drug-likeness (QED) is 0.0743. The molecule has 7 amide bonds. The molecule has 542 valence electrons. The SMILES string of the molecule is CN[C@H](CC(C)C)C(=O)N[C@H]1C(=O)N[C@@H](CC(N)=O)C(=O)N[C@H]2C(=O)N[C@H]3C(=O)N[C@H](C(=O)N[C@H](C(=O)O)c4cc(O)cc(O)c4-c4cc3ccc4O)[C@H](O)c3ccc(c(Cl)c3)Oc3cc2cc(c3OC2OC(CO)C(O)C(O)C2OC2C[C@](C)(N)[C@H](O)[C@H](C)O2)Oc2ccc(cc2Cl)[C@H]1O. The highest BCUT2D eigenvalue weighted by molar-refractivity contribution is 6.32. The van der Waals surface area contributed by atoms with E-state index in [2.05, 4.69) is 37.2 Å². The second-order valence-electron chi connectivity index (χ2n) is 25.7. The van der Waals surface area contributed by atoms with Crippen LogP contribution in [0.5, 0.6) is 46.0 Å². The number of aliphatic carboxylic acids is 1. The zero-order valence-electron chi connectivity index (χ0n) is 54.3. The first kappa shape index (κ1) is 74.5. The number of phenolic OH excluding ortho intramolecular Hbond substituents is 3. The number of fused-ring (bicyclic) bond motifs is 15. The van der Waals surface area contributed by atoms with Crippen LogP contribution in [0.4, 0.5) is 0 Å². The first-order valence-electron chi connectivity index (χ1n) is 31.6. The first-order valence-corrected chi connectivity index (χ1v) is 32.4. The molecule has 18 atom stereocenters. The van der Waals surface area contributed by atoms with Gasteiger partial charge in [-0.1, -0.05) is 55.2 Å². The second kappa shape index (κ2) is 30.2. The number of ether oxygens (including phenoxy) is 6. The van der Waals surface area contributed by atoms with Crippen LogP contribution in [0.1, 0.15) is 105 Å². The Labute approximate surface area is 584 Å². The molecule has 33 nitrogen and oxygen atoms in total. The molecule has 5 aromatic rings. The van der Waals surface area contributed by atoms with Gasteiger partial charge < -0.3 is 128 Å².